The standard InChI is InChI=1S/C11H18N2OS/c1-3-11(12,4-2)10(14)13-7-9-5-6-15-8-9/h5-6,8H,3-4,7,12H2,1-2H3,(H,13,14). The van der Waals surface area contributed by atoms with Crippen LogP contribution in [-0.4, -0.2) is 11.4 Å². The van der Waals surface area contributed by atoms with Crippen molar-refractivity contribution in [1.29, 1.82) is 0 Å². The minimum Gasteiger partial charge on any atom is -0.350 e. The average molecular weight is 226 g/mol. The lowest BCUT2D eigenvalue weighted by Gasteiger charge is -2.25. The van der Waals surface area contributed by atoms with Crippen molar-refractivity contribution in [3.63, 3.8) is 0 Å². The highest BCUT2D eigenvalue weighted by molar-refractivity contribution is 7.07. The number of carbonyl (C=O) groups is 1. The van der Waals surface area contributed by atoms with Gasteiger partial charge in [-0.25, -0.2) is 0 Å². The zero-order chi connectivity index (χ0) is 11.3. The topological polar surface area (TPSA) is 55.1 Å². The second-order valence-electron chi connectivity index (χ2n) is 3.68. The van der Waals surface area contributed by atoms with Crippen molar-refractivity contribution in [3.05, 3.63) is 22.4 Å². The number of rotatable bonds is 5. The summed E-state index contributed by atoms with van der Waals surface area (Å²) in [5, 5.41) is 6.89. The fourth-order valence-corrected chi connectivity index (χ4v) is 1.99. The maximum absolute atomic E-state index is 11.8. The third-order valence-electron chi connectivity index (χ3n) is 2.75. The molecule has 0 aliphatic heterocycles. The second-order valence-corrected chi connectivity index (χ2v) is 4.46. The van der Waals surface area contributed by atoms with Gasteiger partial charge in [-0.3, -0.25) is 4.79 Å². The van der Waals surface area contributed by atoms with E-state index >= 15 is 0 Å². The number of hydrogen-bond acceptors (Lipinski definition) is 3. The van der Waals surface area contributed by atoms with E-state index in [1.807, 2.05) is 30.7 Å². The van der Waals surface area contributed by atoms with E-state index in [1.54, 1.807) is 11.3 Å². The first-order valence-corrected chi connectivity index (χ1v) is 6.15. The van der Waals surface area contributed by atoms with Crippen LogP contribution in [0.1, 0.15) is 32.3 Å². The van der Waals surface area contributed by atoms with Gasteiger partial charge >= 0.3 is 0 Å². The minimum absolute atomic E-state index is 0.0568. The van der Waals surface area contributed by atoms with Crippen molar-refractivity contribution in [1.82, 2.24) is 5.32 Å². The summed E-state index contributed by atoms with van der Waals surface area (Å²) in [6.45, 7) is 4.45. The molecule has 0 aliphatic carbocycles. The highest BCUT2D eigenvalue weighted by atomic mass is 32.1. The monoisotopic (exact) mass is 226 g/mol. The molecular formula is C11H18N2OS. The summed E-state index contributed by atoms with van der Waals surface area (Å²) < 4.78 is 0. The summed E-state index contributed by atoms with van der Waals surface area (Å²) in [7, 11) is 0. The summed E-state index contributed by atoms with van der Waals surface area (Å²) in [6, 6.07) is 2.00. The molecule has 1 heterocycles. The van der Waals surface area contributed by atoms with Gasteiger partial charge in [-0.15, -0.1) is 0 Å². The number of amides is 1. The molecule has 0 saturated carbocycles. The molecule has 1 aromatic rings. The van der Waals surface area contributed by atoms with Gasteiger partial charge in [-0.2, -0.15) is 11.3 Å². The van der Waals surface area contributed by atoms with Gasteiger partial charge in [0.1, 0.15) is 0 Å². The molecule has 0 atom stereocenters. The van der Waals surface area contributed by atoms with Crippen molar-refractivity contribution in [2.24, 2.45) is 5.73 Å². The van der Waals surface area contributed by atoms with Gasteiger partial charge in [-0.1, -0.05) is 13.8 Å². The molecule has 3 nitrogen and oxygen atoms in total. The van der Waals surface area contributed by atoms with Crippen molar-refractivity contribution in [3.8, 4) is 0 Å². The Morgan fingerprint density at radius 3 is 2.67 bits per heavy atom. The van der Waals surface area contributed by atoms with E-state index < -0.39 is 5.54 Å². The molecule has 0 saturated heterocycles. The van der Waals surface area contributed by atoms with Crippen molar-refractivity contribution < 1.29 is 4.79 Å². The fourth-order valence-electron chi connectivity index (χ4n) is 1.32. The molecule has 4 heteroatoms. The highest BCUT2D eigenvalue weighted by Crippen LogP contribution is 2.12. The smallest absolute Gasteiger partial charge is 0.240 e. The van der Waals surface area contributed by atoms with Crippen LogP contribution in [0.25, 0.3) is 0 Å². The Labute approximate surface area is 94.7 Å². The van der Waals surface area contributed by atoms with Gasteiger partial charge in [-0.05, 0) is 35.2 Å². The van der Waals surface area contributed by atoms with Crippen LogP contribution >= 0.6 is 11.3 Å². The zero-order valence-electron chi connectivity index (χ0n) is 9.25. The molecule has 0 fully saturated rings. The van der Waals surface area contributed by atoms with Gasteiger partial charge in [0.25, 0.3) is 0 Å². The molecule has 3 N–H and O–H groups in total. The normalized spacial score (nSPS) is 11.4. The molecule has 0 spiro atoms. The van der Waals surface area contributed by atoms with Crippen LogP contribution in [0.4, 0.5) is 0 Å². The second kappa shape index (κ2) is 5.28. The molecule has 0 aromatic carbocycles. The Bertz CT molecular complexity index is 304. The minimum atomic E-state index is -0.712. The molecule has 0 unspecified atom stereocenters. The molecule has 1 rings (SSSR count). The lowest BCUT2D eigenvalue weighted by Crippen LogP contribution is -2.52. The van der Waals surface area contributed by atoms with Gasteiger partial charge in [0, 0.05) is 6.54 Å². The van der Waals surface area contributed by atoms with Gasteiger partial charge in [0.05, 0.1) is 5.54 Å². The summed E-state index contributed by atoms with van der Waals surface area (Å²) in [5.74, 6) is -0.0568. The summed E-state index contributed by atoms with van der Waals surface area (Å²) in [4.78, 5) is 11.8. The quantitative estimate of drug-likeness (QED) is 0.805. The Hall–Kier alpha value is -0.870. The van der Waals surface area contributed by atoms with E-state index in [9.17, 15) is 4.79 Å². The van der Waals surface area contributed by atoms with E-state index in [1.165, 1.54) is 0 Å². The maximum atomic E-state index is 11.8. The predicted octanol–water partition coefficient (Wildman–Crippen LogP) is 1.88. The van der Waals surface area contributed by atoms with Crippen LogP contribution in [0, 0.1) is 0 Å². The lowest BCUT2D eigenvalue weighted by molar-refractivity contribution is -0.126. The Kier molecular flexibility index (Phi) is 4.29. The van der Waals surface area contributed by atoms with Crippen molar-refractivity contribution >= 4 is 17.2 Å². The van der Waals surface area contributed by atoms with Crippen LogP contribution in [0.2, 0.25) is 0 Å². The van der Waals surface area contributed by atoms with Gasteiger partial charge in [0.2, 0.25) is 5.91 Å². The van der Waals surface area contributed by atoms with E-state index in [2.05, 4.69) is 5.32 Å². The average Bonchev–Trinajstić information content (AvgIpc) is 2.77. The van der Waals surface area contributed by atoms with Crippen LogP contribution in [0.15, 0.2) is 16.8 Å². The van der Waals surface area contributed by atoms with E-state index in [-0.39, 0.29) is 5.91 Å². The Morgan fingerprint density at radius 1 is 1.53 bits per heavy atom. The first-order chi connectivity index (χ1) is 7.12. The van der Waals surface area contributed by atoms with Crippen molar-refractivity contribution in [2.75, 3.05) is 0 Å². The molecule has 0 radical (unpaired) electrons. The number of nitrogens with two attached hydrogens (primary N) is 1. The third-order valence-corrected chi connectivity index (χ3v) is 3.48. The van der Waals surface area contributed by atoms with Crippen LogP contribution in [0.3, 0.4) is 0 Å². The molecule has 0 bridgehead atoms. The maximum Gasteiger partial charge on any atom is 0.240 e. The first-order valence-electron chi connectivity index (χ1n) is 5.20. The van der Waals surface area contributed by atoms with Crippen molar-refractivity contribution in [2.45, 2.75) is 38.8 Å². The number of nitrogens with one attached hydrogen (secondary N) is 1. The Balaban J connectivity index is 2.48. The third kappa shape index (κ3) is 3.04. The number of hydrogen-bond donors (Lipinski definition) is 2. The van der Waals surface area contributed by atoms with Gasteiger partial charge in [0.15, 0.2) is 0 Å². The largest absolute Gasteiger partial charge is 0.350 e. The van der Waals surface area contributed by atoms with E-state index in [0.717, 1.165) is 5.56 Å². The molecule has 84 valence electrons. The lowest BCUT2D eigenvalue weighted by atomic mass is 9.93. The van der Waals surface area contributed by atoms with Crippen LogP contribution < -0.4 is 11.1 Å². The van der Waals surface area contributed by atoms with E-state index in [4.69, 9.17) is 5.73 Å². The molecular weight excluding hydrogens is 208 g/mol. The summed E-state index contributed by atoms with van der Waals surface area (Å²) in [6.07, 6.45) is 1.33. The molecule has 1 aromatic heterocycles. The molecule has 1 amide bonds. The molecule has 0 aliphatic rings. The number of carbonyl (C=O) groups excluding carboxylic acids is 1. The fraction of sp³-hybridized carbons (Fsp3) is 0.545. The van der Waals surface area contributed by atoms with Crippen LogP contribution in [-0.2, 0) is 11.3 Å². The zero-order valence-corrected chi connectivity index (χ0v) is 10.1. The van der Waals surface area contributed by atoms with Crippen LogP contribution in [0.5, 0.6) is 0 Å². The Morgan fingerprint density at radius 2 is 2.20 bits per heavy atom. The summed E-state index contributed by atoms with van der Waals surface area (Å²) >= 11 is 1.63. The van der Waals surface area contributed by atoms with Gasteiger partial charge < -0.3 is 11.1 Å². The van der Waals surface area contributed by atoms with E-state index in [0.29, 0.717) is 19.4 Å². The predicted molar refractivity (Wildman–Crippen MR) is 63.7 cm³/mol. The first kappa shape index (κ1) is 12.2. The molecule has 15 heavy (non-hydrogen) atoms. The summed E-state index contributed by atoms with van der Waals surface area (Å²) in [5.41, 5.74) is 6.39. The SMILES string of the molecule is CCC(N)(CC)C(=O)NCc1ccsc1. The number of thiophene rings is 1. The highest BCUT2D eigenvalue weighted by Gasteiger charge is 2.29.